The van der Waals surface area contributed by atoms with Crippen LogP contribution in [0.2, 0.25) is 0 Å². The summed E-state index contributed by atoms with van der Waals surface area (Å²) in [7, 11) is 0. The van der Waals surface area contributed by atoms with Gasteiger partial charge in [0.15, 0.2) is 0 Å². The first-order valence-electron chi connectivity index (χ1n) is 9.06. The average molecular weight is 351 g/mol. The molecule has 0 atom stereocenters. The molecule has 0 spiro atoms. The average Bonchev–Trinajstić information content (AvgIpc) is 2.51. The van der Waals surface area contributed by atoms with Crippen molar-refractivity contribution in [2.75, 3.05) is 19.7 Å². The summed E-state index contributed by atoms with van der Waals surface area (Å²) >= 11 is 0. The Morgan fingerprint density at radius 3 is 2.44 bits per heavy atom. The van der Waals surface area contributed by atoms with Gasteiger partial charge >= 0.3 is 6.09 Å². The summed E-state index contributed by atoms with van der Waals surface area (Å²) in [6, 6.07) is 5.08. The third-order valence-corrected chi connectivity index (χ3v) is 4.35. The van der Waals surface area contributed by atoms with Gasteiger partial charge in [0.2, 0.25) is 0 Å². The van der Waals surface area contributed by atoms with E-state index in [1.807, 2.05) is 40.7 Å². The molecule has 1 amide bonds. The van der Waals surface area contributed by atoms with E-state index < -0.39 is 5.60 Å². The van der Waals surface area contributed by atoms with Crippen molar-refractivity contribution in [2.24, 2.45) is 5.92 Å². The Kier molecular flexibility index (Phi) is 6.31. The van der Waals surface area contributed by atoms with Crippen molar-refractivity contribution < 1.29 is 18.7 Å². The zero-order chi connectivity index (χ0) is 18.6. The summed E-state index contributed by atoms with van der Waals surface area (Å²) in [6.45, 7) is 11.4. The largest absolute Gasteiger partial charge is 0.493 e. The lowest BCUT2D eigenvalue weighted by Crippen LogP contribution is -2.42. The number of carbonyl (C=O) groups is 1. The van der Waals surface area contributed by atoms with Gasteiger partial charge in [-0.3, -0.25) is 0 Å². The van der Waals surface area contributed by atoms with Gasteiger partial charge in [0.25, 0.3) is 0 Å². The first-order valence-corrected chi connectivity index (χ1v) is 9.06. The van der Waals surface area contributed by atoms with Crippen LogP contribution in [0.1, 0.15) is 58.9 Å². The molecule has 4 nitrogen and oxygen atoms in total. The van der Waals surface area contributed by atoms with E-state index in [1.165, 1.54) is 6.07 Å². The van der Waals surface area contributed by atoms with Crippen molar-refractivity contribution in [1.82, 2.24) is 4.90 Å². The third kappa shape index (κ3) is 5.91. The molecular weight excluding hydrogens is 321 g/mol. The molecule has 1 aliphatic heterocycles. The number of hydrogen-bond acceptors (Lipinski definition) is 3. The van der Waals surface area contributed by atoms with Gasteiger partial charge in [-0.25, -0.2) is 9.18 Å². The maximum Gasteiger partial charge on any atom is 0.410 e. The fourth-order valence-electron chi connectivity index (χ4n) is 2.89. The Hall–Kier alpha value is -1.78. The molecule has 0 radical (unpaired) electrons. The predicted octanol–water partition coefficient (Wildman–Crippen LogP) is 4.98. The number of hydrogen-bond donors (Lipinski definition) is 0. The number of piperidine rings is 1. The topological polar surface area (TPSA) is 38.8 Å². The minimum atomic E-state index is -0.469. The maximum atomic E-state index is 14.0. The van der Waals surface area contributed by atoms with E-state index in [9.17, 15) is 9.18 Å². The zero-order valence-corrected chi connectivity index (χ0v) is 16.0. The van der Waals surface area contributed by atoms with Gasteiger partial charge in [-0.05, 0) is 57.1 Å². The van der Waals surface area contributed by atoms with Crippen LogP contribution in [0.4, 0.5) is 9.18 Å². The molecular formula is C20H30FNO3. The first kappa shape index (κ1) is 19.5. The first-order chi connectivity index (χ1) is 11.7. The monoisotopic (exact) mass is 351 g/mol. The number of halogens is 1. The van der Waals surface area contributed by atoms with Gasteiger partial charge in [-0.15, -0.1) is 0 Å². The lowest BCUT2D eigenvalue weighted by molar-refractivity contribution is 0.0165. The van der Waals surface area contributed by atoms with Crippen LogP contribution in [-0.4, -0.2) is 36.3 Å². The number of carbonyl (C=O) groups excluding carboxylic acids is 1. The van der Waals surface area contributed by atoms with Crippen molar-refractivity contribution >= 4 is 6.09 Å². The van der Waals surface area contributed by atoms with Crippen LogP contribution in [-0.2, 0) is 4.74 Å². The smallest absolute Gasteiger partial charge is 0.410 e. The van der Waals surface area contributed by atoms with Gasteiger partial charge < -0.3 is 14.4 Å². The van der Waals surface area contributed by atoms with Gasteiger partial charge in [-0.2, -0.15) is 0 Å². The van der Waals surface area contributed by atoms with Crippen molar-refractivity contribution in [1.29, 1.82) is 0 Å². The van der Waals surface area contributed by atoms with Crippen LogP contribution < -0.4 is 4.74 Å². The molecule has 0 aliphatic carbocycles. The van der Waals surface area contributed by atoms with Gasteiger partial charge in [-0.1, -0.05) is 19.9 Å². The lowest BCUT2D eigenvalue weighted by Gasteiger charge is -2.33. The van der Waals surface area contributed by atoms with Crippen molar-refractivity contribution in [3.63, 3.8) is 0 Å². The number of amides is 1. The number of ether oxygens (including phenoxy) is 2. The van der Waals surface area contributed by atoms with Crippen LogP contribution in [0.5, 0.6) is 5.75 Å². The zero-order valence-electron chi connectivity index (χ0n) is 16.0. The lowest BCUT2D eigenvalue weighted by atomic mass is 9.98. The summed E-state index contributed by atoms with van der Waals surface area (Å²) in [5.41, 5.74) is 0.238. The molecule has 1 fully saturated rings. The highest BCUT2D eigenvalue weighted by molar-refractivity contribution is 5.68. The van der Waals surface area contributed by atoms with Gasteiger partial charge in [0.05, 0.1) is 6.61 Å². The molecule has 25 heavy (non-hydrogen) atoms. The summed E-state index contributed by atoms with van der Waals surface area (Å²) in [5, 5.41) is 0. The van der Waals surface area contributed by atoms with E-state index >= 15 is 0 Å². The summed E-state index contributed by atoms with van der Waals surface area (Å²) in [5.74, 6) is 0.876. The van der Waals surface area contributed by atoms with Crippen molar-refractivity contribution in [3.8, 4) is 5.75 Å². The molecule has 140 valence electrons. The second-order valence-corrected chi connectivity index (χ2v) is 8.06. The highest BCUT2D eigenvalue weighted by Crippen LogP contribution is 2.25. The molecule has 5 heteroatoms. The van der Waals surface area contributed by atoms with E-state index in [-0.39, 0.29) is 17.8 Å². The van der Waals surface area contributed by atoms with Crippen molar-refractivity contribution in [3.05, 3.63) is 29.6 Å². The van der Waals surface area contributed by atoms with Gasteiger partial charge in [0, 0.05) is 19.2 Å². The number of likely N-dealkylation sites (tertiary alicyclic amines) is 1. The quantitative estimate of drug-likeness (QED) is 0.768. The molecule has 1 aromatic rings. The highest BCUT2D eigenvalue weighted by Gasteiger charge is 2.27. The number of benzene rings is 1. The Balaban J connectivity index is 1.79. The Morgan fingerprint density at radius 1 is 1.28 bits per heavy atom. The van der Waals surface area contributed by atoms with E-state index in [1.54, 1.807) is 11.0 Å². The SMILES string of the molecule is CC(C)c1ccc(OCC2CCN(C(=O)OC(C)(C)C)CC2)cc1F. The predicted molar refractivity (Wildman–Crippen MR) is 96.5 cm³/mol. The fraction of sp³-hybridized carbons (Fsp3) is 0.650. The van der Waals surface area contributed by atoms with Crippen LogP contribution in [0.25, 0.3) is 0 Å². The number of rotatable bonds is 4. The van der Waals surface area contributed by atoms with Crippen LogP contribution in [0.15, 0.2) is 18.2 Å². The maximum absolute atomic E-state index is 14.0. The van der Waals surface area contributed by atoms with E-state index in [0.717, 1.165) is 12.8 Å². The minimum absolute atomic E-state index is 0.159. The van der Waals surface area contributed by atoms with Crippen LogP contribution >= 0.6 is 0 Å². The van der Waals surface area contributed by atoms with E-state index in [0.29, 0.717) is 36.9 Å². The molecule has 1 saturated heterocycles. The normalized spacial score (nSPS) is 16.2. The third-order valence-electron chi connectivity index (χ3n) is 4.35. The molecule has 0 unspecified atom stereocenters. The summed E-state index contributed by atoms with van der Waals surface area (Å²) < 4.78 is 25.2. The second kappa shape index (κ2) is 8.07. The standard InChI is InChI=1S/C20H30FNO3/c1-14(2)17-7-6-16(12-18(17)21)24-13-15-8-10-22(11-9-15)19(23)25-20(3,4)5/h6-7,12,14-15H,8-11,13H2,1-5H3. The van der Waals surface area contributed by atoms with Crippen LogP contribution in [0.3, 0.4) is 0 Å². The Morgan fingerprint density at radius 2 is 1.92 bits per heavy atom. The van der Waals surface area contributed by atoms with Gasteiger partial charge in [0.1, 0.15) is 17.2 Å². The highest BCUT2D eigenvalue weighted by atomic mass is 19.1. The molecule has 2 rings (SSSR count). The molecule has 0 aromatic heterocycles. The van der Waals surface area contributed by atoms with Crippen molar-refractivity contribution in [2.45, 2.75) is 59.0 Å². The molecule has 1 aromatic carbocycles. The molecule has 1 aliphatic rings. The van der Waals surface area contributed by atoms with Crippen LogP contribution in [0, 0.1) is 11.7 Å². The second-order valence-electron chi connectivity index (χ2n) is 8.06. The molecule has 1 heterocycles. The van der Waals surface area contributed by atoms with E-state index in [2.05, 4.69) is 0 Å². The Labute approximate surface area is 150 Å². The molecule has 0 N–H and O–H groups in total. The molecule has 0 saturated carbocycles. The Bertz CT molecular complexity index is 587. The minimum Gasteiger partial charge on any atom is -0.493 e. The summed E-state index contributed by atoms with van der Waals surface area (Å²) in [4.78, 5) is 13.8. The number of nitrogens with zero attached hydrogens (tertiary/aromatic N) is 1. The molecule has 0 bridgehead atoms. The van der Waals surface area contributed by atoms with E-state index in [4.69, 9.17) is 9.47 Å². The summed E-state index contributed by atoms with van der Waals surface area (Å²) in [6.07, 6.45) is 1.48. The fourth-order valence-corrected chi connectivity index (χ4v) is 2.89.